The van der Waals surface area contributed by atoms with Gasteiger partial charge in [0, 0.05) is 31.7 Å². The van der Waals surface area contributed by atoms with E-state index in [-0.39, 0.29) is 18.1 Å². The molecule has 0 aliphatic carbocycles. The van der Waals surface area contributed by atoms with Crippen LogP contribution in [-0.2, 0) is 4.74 Å². The van der Waals surface area contributed by atoms with Gasteiger partial charge in [0.15, 0.2) is 0 Å². The van der Waals surface area contributed by atoms with Gasteiger partial charge in [0.05, 0.1) is 0 Å². The number of ether oxygens (including phenoxy) is 1. The Kier molecular flexibility index (Phi) is 3.56. The highest BCUT2D eigenvalue weighted by Gasteiger charge is 2.51. The summed E-state index contributed by atoms with van der Waals surface area (Å²) >= 11 is 0. The fraction of sp³-hybridized carbons (Fsp3) is 0.923. The fourth-order valence-corrected chi connectivity index (χ4v) is 2.89. The molecule has 2 N–H and O–H groups in total. The van der Waals surface area contributed by atoms with E-state index >= 15 is 0 Å². The van der Waals surface area contributed by atoms with Gasteiger partial charge in [0.2, 0.25) is 0 Å². The third kappa shape index (κ3) is 2.62. The van der Waals surface area contributed by atoms with E-state index in [1.54, 1.807) is 4.90 Å². The minimum Gasteiger partial charge on any atom is -0.444 e. The molecular formula is C13H24N2O3. The standard InChI is InChI=1S/C13H24N2O3/c1-12(2,3)18-11(17)15-8-13(9-15)7-14-5-4-10(13)6-16/h10,14,16H,4-9H2,1-3H3. The van der Waals surface area contributed by atoms with Crippen LogP contribution in [0.3, 0.4) is 0 Å². The Morgan fingerprint density at radius 1 is 1.50 bits per heavy atom. The maximum absolute atomic E-state index is 11.9. The van der Waals surface area contributed by atoms with Gasteiger partial charge < -0.3 is 20.1 Å². The molecular weight excluding hydrogens is 232 g/mol. The number of piperidine rings is 1. The van der Waals surface area contributed by atoms with Crippen molar-refractivity contribution >= 4 is 6.09 Å². The smallest absolute Gasteiger partial charge is 0.410 e. The lowest BCUT2D eigenvalue weighted by molar-refractivity contribution is -0.0812. The summed E-state index contributed by atoms with van der Waals surface area (Å²) in [6.07, 6.45) is 0.744. The molecule has 0 aromatic heterocycles. The predicted molar refractivity (Wildman–Crippen MR) is 68.3 cm³/mol. The van der Waals surface area contributed by atoms with Gasteiger partial charge in [-0.1, -0.05) is 0 Å². The number of rotatable bonds is 1. The monoisotopic (exact) mass is 256 g/mol. The van der Waals surface area contributed by atoms with Gasteiger partial charge in [-0.05, 0) is 39.7 Å². The quantitative estimate of drug-likeness (QED) is 0.729. The molecule has 1 atom stereocenters. The summed E-state index contributed by atoms with van der Waals surface area (Å²) in [5, 5.41) is 12.8. The van der Waals surface area contributed by atoms with Crippen LogP contribution in [0.2, 0.25) is 0 Å². The molecule has 5 nitrogen and oxygen atoms in total. The first-order chi connectivity index (χ1) is 8.36. The molecule has 104 valence electrons. The molecule has 0 saturated carbocycles. The molecule has 2 saturated heterocycles. The topological polar surface area (TPSA) is 61.8 Å². The molecule has 0 bridgehead atoms. The second-order valence-electron chi connectivity index (χ2n) is 6.54. The number of aliphatic hydroxyl groups is 1. The molecule has 5 heteroatoms. The largest absolute Gasteiger partial charge is 0.444 e. The summed E-state index contributed by atoms with van der Waals surface area (Å²) in [6, 6.07) is 0. The van der Waals surface area contributed by atoms with E-state index < -0.39 is 5.60 Å². The number of hydrogen-bond donors (Lipinski definition) is 2. The number of likely N-dealkylation sites (tertiary alicyclic amines) is 1. The third-order valence-electron chi connectivity index (χ3n) is 3.90. The van der Waals surface area contributed by atoms with E-state index in [1.807, 2.05) is 20.8 Å². The number of nitrogens with one attached hydrogen (secondary N) is 1. The average Bonchev–Trinajstić information content (AvgIpc) is 2.23. The van der Waals surface area contributed by atoms with E-state index in [0.717, 1.165) is 19.5 Å². The Labute approximate surface area is 108 Å². The zero-order valence-electron chi connectivity index (χ0n) is 11.5. The van der Waals surface area contributed by atoms with Crippen molar-refractivity contribution in [3.05, 3.63) is 0 Å². The number of aliphatic hydroxyl groups excluding tert-OH is 1. The Bertz CT molecular complexity index is 319. The van der Waals surface area contributed by atoms with Crippen LogP contribution < -0.4 is 5.32 Å². The summed E-state index contributed by atoms with van der Waals surface area (Å²) in [5.74, 6) is 0.303. The van der Waals surface area contributed by atoms with Gasteiger partial charge in [0.1, 0.15) is 5.60 Å². The van der Waals surface area contributed by atoms with Crippen molar-refractivity contribution in [1.29, 1.82) is 0 Å². The molecule has 2 rings (SSSR count). The molecule has 1 spiro atoms. The molecule has 0 aromatic carbocycles. The lowest BCUT2D eigenvalue weighted by Gasteiger charge is -2.55. The molecule has 2 heterocycles. The first-order valence-corrected chi connectivity index (χ1v) is 6.66. The van der Waals surface area contributed by atoms with Gasteiger partial charge in [-0.15, -0.1) is 0 Å². The van der Waals surface area contributed by atoms with E-state index in [9.17, 15) is 9.90 Å². The molecule has 0 radical (unpaired) electrons. The lowest BCUT2D eigenvalue weighted by atomic mass is 9.66. The van der Waals surface area contributed by atoms with Gasteiger partial charge in [-0.3, -0.25) is 0 Å². The molecule has 2 aliphatic rings. The van der Waals surface area contributed by atoms with E-state index in [1.165, 1.54) is 0 Å². The van der Waals surface area contributed by atoms with Gasteiger partial charge >= 0.3 is 6.09 Å². The lowest BCUT2D eigenvalue weighted by Crippen LogP contribution is -2.68. The minimum absolute atomic E-state index is 0.0594. The van der Waals surface area contributed by atoms with Crippen LogP contribution >= 0.6 is 0 Å². The zero-order valence-corrected chi connectivity index (χ0v) is 11.5. The Morgan fingerprint density at radius 2 is 2.17 bits per heavy atom. The first kappa shape index (κ1) is 13.6. The molecule has 18 heavy (non-hydrogen) atoms. The second-order valence-corrected chi connectivity index (χ2v) is 6.54. The third-order valence-corrected chi connectivity index (χ3v) is 3.90. The maximum atomic E-state index is 11.9. The highest BCUT2D eigenvalue weighted by Crippen LogP contribution is 2.41. The number of hydrogen-bond acceptors (Lipinski definition) is 4. The number of amides is 1. The van der Waals surface area contributed by atoms with Crippen molar-refractivity contribution < 1.29 is 14.6 Å². The van der Waals surface area contributed by atoms with Crippen LogP contribution in [0.5, 0.6) is 0 Å². The normalized spacial score (nSPS) is 26.9. The maximum Gasteiger partial charge on any atom is 0.410 e. The number of nitrogens with zero attached hydrogens (tertiary/aromatic N) is 1. The van der Waals surface area contributed by atoms with Crippen LogP contribution in [0.15, 0.2) is 0 Å². The summed E-state index contributed by atoms with van der Waals surface area (Å²) in [7, 11) is 0. The zero-order chi connectivity index (χ0) is 13.4. The minimum atomic E-state index is -0.443. The first-order valence-electron chi connectivity index (χ1n) is 6.66. The van der Waals surface area contributed by atoms with Crippen molar-refractivity contribution in [2.75, 3.05) is 32.8 Å². The van der Waals surface area contributed by atoms with E-state index in [2.05, 4.69) is 5.32 Å². The Balaban J connectivity index is 1.90. The summed E-state index contributed by atoms with van der Waals surface area (Å²) in [5.41, 5.74) is -0.384. The molecule has 0 aromatic rings. The molecule has 2 fully saturated rings. The van der Waals surface area contributed by atoms with E-state index in [4.69, 9.17) is 4.74 Å². The SMILES string of the molecule is CC(C)(C)OC(=O)N1CC2(CNCCC2CO)C1. The van der Waals surface area contributed by atoms with Crippen molar-refractivity contribution in [1.82, 2.24) is 10.2 Å². The number of carbonyl (C=O) groups is 1. The highest BCUT2D eigenvalue weighted by molar-refractivity contribution is 5.69. The van der Waals surface area contributed by atoms with Gasteiger partial charge in [0.25, 0.3) is 0 Å². The van der Waals surface area contributed by atoms with Crippen molar-refractivity contribution in [2.24, 2.45) is 11.3 Å². The fourth-order valence-electron chi connectivity index (χ4n) is 2.89. The molecule has 1 amide bonds. The van der Waals surface area contributed by atoms with Crippen molar-refractivity contribution in [2.45, 2.75) is 32.8 Å². The molecule has 1 unspecified atom stereocenters. The molecule has 2 aliphatic heterocycles. The summed E-state index contributed by atoms with van der Waals surface area (Å²) in [4.78, 5) is 13.6. The van der Waals surface area contributed by atoms with E-state index in [0.29, 0.717) is 19.0 Å². The predicted octanol–water partition coefficient (Wildman–Crippen LogP) is 0.825. The summed E-state index contributed by atoms with van der Waals surface area (Å²) < 4.78 is 5.35. The van der Waals surface area contributed by atoms with Gasteiger partial charge in [-0.2, -0.15) is 0 Å². The number of carbonyl (C=O) groups excluding carboxylic acids is 1. The van der Waals surface area contributed by atoms with Crippen LogP contribution in [0, 0.1) is 11.3 Å². The Morgan fingerprint density at radius 3 is 2.72 bits per heavy atom. The highest BCUT2D eigenvalue weighted by atomic mass is 16.6. The van der Waals surface area contributed by atoms with Crippen LogP contribution in [0.25, 0.3) is 0 Å². The van der Waals surface area contributed by atoms with Crippen LogP contribution in [0.1, 0.15) is 27.2 Å². The van der Waals surface area contributed by atoms with Crippen LogP contribution in [0.4, 0.5) is 4.79 Å². The van der Waals surface area contributed by atoms with Crippen molar-refractivity contribution in [3.8, 4) is 0 Å². The van der Waals surface area contributed by atoms with Crippen molar-refractivity contribution in [3.63, 3.8) is 0 Å². The average molecular weight is 256 g/mol. The Hall–Kier alpha value is -0.810. The van der Waals surface area contributed by atoms with Gasteiger partial charge in [-0.25, -0.2) is 4.79 Å². The second kappa shape index (κ2) is 4.70. The van der Waals surface area contributed by atoms with Crippen LogP contribution in [-0.4, -0.2) is 54.5 Å². The summed E-state index contributed by atoms with van der Waals surface area (Å²) in [6.45, 7) is 9.07.